The van der Waals surface area contributed by atoms with E-state index in [0.29, 0.717) is 18.2 Å². The first-order chi connectivity index (χ1) is 11.4. The van der Waals surface area contributed by atoms with Gasteiger partial charge in [0.15, 0.2) is 0 Å². The molecule has 1 aromatic rings. The number of rotatable bonds is 5. The number of ether oxygens (including phenoxy) is 1. The summed E-state index contributed by atoms with van der Waals surface area (Å²) in [4.78, 5) is 26.3. The summed E-state index contributed by atoms with van der Waals surface area (Å²) in [7, 11) is 1.27. The molecular weight excluding hydrogens is 311 g/mol. The number of hydrogen-bond acceptors (Lipinski definition) is 3. The molecule has 1 aromatic carbocycles. The molecule has 1 heterocycles. The molecule has 0 radical (unpaired) electrons. The van der Waals surface area contributed by atoms with Crippen molar-refractivity contribution in [3.8, 4) is 0 Å². The van der Waals surface area contributed by atoms with Gasteiger partial charge >= 0.3 is 12.0 Å². The molecule has 1 unspecified atom stereocenters. The maximum atomic E-state index is 14.2. The van der Waals surface area contributed by atoms with E-state index in [9.17, 15) is 14.0 Å². The Bertz CT molecular complexity index is 670. The van der Waals surface area contributed by atoms with Crippen LogP contribution in [0.25, 0.3) is 0 Å². The summed E-state index contributed by atoms with van der Waals surface area (Å²) in [6, 6.07) is 4.89. The minimum atomic E-state index is -0.860. The van der Waals surface area contributed by atoms with E-state index in [1.54, 1.807) is 25.1 Å². The quantitative estimate of drug-likeness (QED) is 0.840. The van der Waals surface area contributed by atoms with Crippen molar-refractivity contribution < 1.29 is 18.7 Å². The Morgan fingerprint density at radius 1 is 1.38 bits per heavy atom. The molecule has 0 aromatic heterocycles. The molecule has 2 rings (SSSR count). The highest BCUT2D eigenvalue weighted by molar-refractivity contribution is 5.95. The molecule has 130 valence electrons. The van der Waals surface area contributed by atoms with Crippen LogP contribution in [-0.4, -0.2) is 30.6 Å². The standard InChI is InChI=1S/C18H23FN2O3/c1-11(2)9-10-21-12(3)15(17(22)24-4)16(20-18(21)23)13-7-5-6-8-14(13)19/h5-8,11,16H,9-10H2,1-4H3,(H,20,23). The third-order valence-electron chi connectivity index (χ3n) is 4.15. The van der Waals surface area contributed by atoms with Gasteiger partial charge in [-0.25, -0.2) is 14.0 Å². The highest BCUT2D eigenvalue weighted by atomic mass is 19.1. The minimum absolute atomic E-state index is 0.245. The predicted molar refractivity (Wildman–Crippen MR) is 88.5 cm³/mol. The lowest BCUT2D eigenvalue weighted by molar-refractivity contribution is -0.136. The average Bonchev–Trinajstić information content (AvgIpc) is 2.53. The van der Waals surface area contributed by atoms with Gasteiger partial charge in [-0.3, -0.25) is 4.90 Å². The van der Waals surface area contributed by atoms with Gasteiger partial charge in [0, 0.05) is 17.8 Å². The fraction of sp³-hybridized carbons (Fsp3) is 0.444. The fourth-order valence-corrected chi connectivity index (χ4v) is 2.75. The molecule has 2 amide bonds. The molecule has 0 bridgehead atoms. The normalized spacial score (nSPS) is 18.0. The molecule has 1 aliphatic heterocycles. The SMILES string of the molecule is COC(=O)C1=C(C)N(CCC(C)C)C(=O)NC1c1ccccc1F. The molecule has 5 nitrogen and oxygen atoms in total. The van der Waals surface area contributed by atoms with Crippen LogP contribution in [0.4, 0.5) is 9.18 Å². The van der Waals surface area contributed by atoms with Crippen LogP contribution in [0.1, 0.15) is 38.8 Å². The van der Waals surface area contributed by atoms with E-state index in [1.165, 1.54) is 18.1 Å². The van der Waals surface area contributed by atoms with Gasteiger partial charge in [-0.1, -0.05) is 32.0 Å². The Morgan fingerprint density at radius 2 is 2.04 bits per heavy atom. The molecule has 0 fully saturated rings. The van der Waals surface area contributed by atoms with E-state index in [4.69, 9.17) is 4.74 Å². The van der Waals surface area contributed by atoms with Crippen LogP contribution in [0.2, 0.25) is 0 Å². The number of allylic oxidation sites excluding steroid dienone is 1. The van der Waals surface area contributed by atoms with Gasteiger partial charge in [0.1, 0.15) is 5.82 Å². The van der Waals surface area contributed by atoms with Crippen LogP contribution in [-0.2, 0) is 9.53 Å². The Labute approximate surface area is 141 Å². The van der Waals surface area contributed by atoms with Crippen molar-refractivity contribution in [2.45, 2.75) is 33.2 Å². The zero-order chi connectivity index (χ0) is 17.9. The number of carbonyl (C=O) groups excluding carboxylic acids is 2. The van der Waals surface area contributed by atoms with Crippen molar-refractivity contribution in [3.05, 3.63) is 46.9 Å². The van der Waals surface area contributed by atoms with Crippen molar-refractivity contribution in [3.63, 3.8) is 0 Å². The molecule has 1 N–H and O–H groups in total. The van der Waals surface area contributed by atoms with Crippen molar-refractivity contribution in [1.29, 1.82) is 0 Å². The smallest absolute Gasteiger partial charge is 0.337 e. The fourth-order valence-electron chi connectivity index (χ4n) is 2.75. The van der Waals surface area contributed by atoms with Gasteiger partial charge < -0.3 is 10.1 Å². The zero-order valence-corrected chi connectivity index (χ0v) is 14.4. The lowest BCUT2D eigenvalue weighted by Gasteiger charge is -2.35. The largest absolute Gasteiger partial charge is 0.466 e. The number of benzene rings is 1. The van der Waals surface area contributed by atoms with Crippen LogP contribution in [0, 0.1) is 11.7 Å². The Hall–Kier alpha value is -2.37. The number of nitrogens with zero attached hydrogens (tertiary/aromatic N) is 1. The van der Waals surface area contributed by atoms with Gasteiger partial charge in [-0.15, -0.1) is 0 Å². The first-order valence-corrected chi connectivity index (χ1v) is 7.98. The van der Waals surface area contributed by atoms with E-state index in [0.717, 1.165) is 6.42 Å². The summed E-state index contributed by atoms with van der Waals surface area (Å²) in [5.41, 5.74) is 1.000. The van der Waals surface area contributed by atoms with Gasteiger partial charge in [0.25, 0.3) is 0 Å². The molecule has 0 saturated carbocycles. The van der Waals surface area contributed by atoms with E-state index >= 15 is 0 Å². The number of methoxy groups -OCH3 is 1. The molecular formula is C18H23FN2O3. The van der Waals surface area contributed by atoms with Gasteiger partial charge in [0.2, 0.25) is 0 Å². The second-order valence-electron chi connectivity index (χ2n) is 6.23. The summed E-state index contributed by atoms with van der Waals surface area (Å²) < 4.78 is 19.0. The number of carbonyl (C=O) groups is 2. The number of nitrogens with one attached hydrogen (secondary N) is 1. The van der Waals surface area contributed by atoms with Gasteiger partial charge in [-0.2, -0.15) is 0 Å². The maximum Gasteiger partial charge on any atom is 0.337 e. The third kappa shape index (κ3) is 3.58. The summed E-state index contributed by atoms with van der Waals surface area (Å²) in [5, 5.41) is 2.73. The zero-order valence-electron chi connectivity index (χ0n) is 14.4. The summed E-state index contributed by atoms with van der Waals surface area (Å²) >= 11 is 0. The second-order valence-corrected chi connectivity index (χ2v) is 6.23. The molecule has 0 spiro atoms. The van der Waals surface area contributed by atoms with E-state index < -0.39 is 17.8 Å². The van der Waals surface area contributed by atoms with Crippen molar-refractivity contribution in [1.82, 2.24) is 10.2 Å². The highest BCUT2D eigenvalue weighted by Gasteiger charge is 2.37. The molecule has 1 aliphatic rings. The topological polar surface area (TPSA) is 58.6 Å². The second kappa shape index (κ2) is 7.47. The summed E-state index contributed by atoms with van der Waals surface area (Å²) in [6.07, 6.45) is 0.795. The van der Waals surface area contributed by atoms with Crippen LogP contribution in [0.5, 0.6) is 0 Å². The Balaban J connectivity index is 2.48. The van der Waals surface area contributed by atoms with Crippen LogP contribution in [0.15, 0.2) is 35.5 Å². The first kappa shape index (κ1) is 18.0. The summed E-state index contributed by atoms with van der Waals surface area (Å²) in [6.45, 7) is 6.30. The van der Waals surface area contributed by atoms with E-state index in [-0.39, 0.29) is 17.2 Å². The van der Waals surface area contributed by atoms with Crippen LogP contribution >= 0.6 is 0 Å². The van der Waals surface area contributed by atoms with Crippen molar-refractivity contribution in [2.24, 2.45) is 5.92 Å². The molecule has 0 saturated heterocycles. The number of halogens is 1. The molecule has 6 heteroatoms. The first-order valence-electron chi connectivity index (χ1n) is 7.98. The Kier molecular flexibility index (Phi) is 5.59. The van der Waals surface area contributed by atoms with E-state index in [2.05, 4.69) is 19.2 Å². The molecule has 0 aliphatic carbocycles. The average molecular weight is 334 g/mol. The minimum Gasteiger partial charge on any atom is -0.466 e. The lowest BCUT2D eigenvalue weighted by atomic mass is 9.94. The highest BCUT2D eigenvalue weighted by Crippen LogP contribution is 2.32. The monoisotopic (exact) mass is 334 g/mol. The van der Waals surface area contributed by atoms with Crippen molar-refractivity contribution >= 4 is 12.0 Å². The van der Waals surface area contributed by atoms with Gasteiger partial charge in [0.05, 0.1) is 18.7 Å². The van der Waals surface area contributed by atoms with Gasteiger partial charge in [-0.05, 0) is 25.3 Å². The number of esters is 1. The van der Waals surface area contributed by atoms with Crippen LogP contribution < -0.4 is 5.32 Å². The molecule has 1 atom stereocenters. The maximum absolute atomic E-state index is 14.2. The number of amides is 2. The van der Waals surface area contributed by atoms with Crippen molar-refractivity contribution in [2.75, 3.05) is 13.7 Å². The number of hydrogen-bond donors (Lipinski definition) is 1. The van der Waals surface area contributed by atoms with E-state index in [1.807, 2.05) is 0 Å². The lowest BCUT2D eigenvalue weighted by Crippen LogP contribution is -2.48. The Morgan fingerprint density at radius 3 is 2.62 bits per heavy atom. The molecule has 24 heavy (non-hydrogen) atoms. The van der Waals surface area contributed by atoms with Crippen LogP contribution in [0.3, 0.4) is 0 Å². The predicted octanol–water partition coefficient (Wildman–Crippen LogP) is 3.39. The number of urea groups is 1. The summed E-state index contributed by atoms with van der Waals surface area (Å²) in [5.74, 6) is -0.639. The third-order valence-corrected chi connectivity index (χ3v) is 4.15.